The van der Waals surface area contributed by atoms with E-state index in [2.05, 4.69) is 23.3 Å². The number of aromatic nitrogens is 1. The first kappa shape index (κ1) is 16.3. The van der Waals surface area contributed by atoms with Gasteiger partial charge in [0.1, 0.15) is 5.58 Å². The van der Waals surface area contributed by atoms with Crippen molar-refractivity contribution in [3.63, 3.8) is 0 Å². The number of anilines is 1. The second-order valence-corrected chi connectivity index (χ2v) is 8.21. The number of rotatable bonds is 2. The minimum atomic E-state index is -0.218. The molecule has 1 N–H and O–H groups in total. The Morgan fingerprint density at radius 3 is 2.88 bits per heavy atom. The first-order valence-corrected chi connectivity index (χ1v) is 9.55. The van der Waals surface area contributed by atoms with Gasteiger partial charge < -0.3 is 4.42 Å². The van der Waals surface area contributed by atoms with Crippen molar-refractivity contribution in [1.29, 1.82) is 0 Å². The number of amides is 1. The fourth-order valence-corrected chi connectivity index (χ4v) is 4.65. The van der Waals surface area contributed by atoms with Gasteiger partial charge in [0.15, 0.2) is 10.9 Å². The molecule has 0 radical (unpaired) electrons. The van der Waals surface area contributed by atoms with E-state index in [1.54, 1.807) is 11.3 Å². The van der Waals surface area contributed by atoms with E-state index in [4.69, 9.17) is 4.42 Å². The van der Waals surface area contributed by atoms with E-state index in [0.717, 1.165) is 46.2 Å². The molecular formula is C20H22N2O2S. The van der Waals surface area contributed by atoms with Gasteiger partial charge in [-0.15, -0.1) is 11.3 Å². The summed E-state index contributed by atoms with van der Waals surface area (Å²) in [5.74, 6) is 0.857. The van der Waals surface area contributed by atoms with Crippen molar-refractivity contribution >= 4 is 33.3 Å². The van der Waals surface area contributed by atoms with E-state index in [1.165, 1.54) is 11.3 Å². The Hall–Kier alpha value is -2.14. The first-order valence-electron chi connectivity index (χ1n) is 8.73. The van der Waals surface area contributed by atoms with Gasteiger partial charge in [-0.2, -0.15) is 0 Å². The van der Waals surface area contributed by atoms with Crippen LogP contribution in [0.25, 0.3) is 11.0 Å². The molecule has 0 saturated carbocycles. The number of benzene rings is 1. The SMILES string of the molecule is Cc1ccc2c(C)c(C(=O)Nc3nc4c(s3)CC(C)CC4)oc2c1C. The normalized spacial score (nSPS) is 16.9. The highest BCUT2D eigenvalue weighted by Crippen LogP contribution is 2.33. The van der Waals surface area contributed by atoms with E-state index in [1.807, 2.05) is 26.8 Å². The second kappa shape index (κ2) is 5.99. The Kier molecular flexibility index (Phi) is 3.91. The lowest BCUT2D eigenvalue weighted by molar-refractivity contribution is 0.0998. The Bertz CT molecular complexity index is 983. The summed E-state index contributed by atoms with van der Waals surface area (Å²) in [6.45, 7) is 8.28. The molecule has 1 atom stereocenters. The maximum atomic E-state index is 12.7. The Labute approximate surface area is 151 Å². The number of carbonyl (C=O) groups is 1. The summed E-state index contributed by atoms with van der Waals surface area (Å²) in [5, 5.41) is 4.62. The van der Waals surface area contributed by atoms with Crippen molar-refractivity contribution in [2.24, 2.45) is 5.92 Å². The van der Waals surface area contributed by atoms with Crippen LogP contribution in [0.4, 0.5) is 5.13 Å². The maximum Gasteiger partial charge on any atom is 0.293 e. The zero-order chi connectivity index (χ0) is 17.7. The fourth-order valence-electron chi connectivity index (χ4n) is 3.48. The molecular weight excluding hydrogens is 332 g/mol. The van der Waals surface area contributed by atoms with Gasteiger partial charge in [-0.25, -0.2) is 4.98 Å². The highest BCUT2D eigenvalue weighted by atomic mass is 32.1. The summed E-state index contributed by atoms with van der Waals surface area (Å²) in [4.78, 5) is 18.7. The van der Waals surface area contributed by atoms with Crippen molar-refractivity contribution in [3.05, 3.63) is 45.2 Å². The van der Waals surface area contributed by atoms with Gasteiger partial charge in [0.25, 0.3) is 5.91 Å². The molecule has 4 rings (SSSR count). The number of fused-ring (bicyclic) bond motifs is 2. The molecule has 3 aromatic rings. The Balaban J connectivity index is 1.65. The molecule has 1 aromatic carbocycles. The number of nitrogens with zero attached hydrogens (tertiary/aromatic N) is 1. The van der Waals surface area contributed by atoms with Gasteiger partial charge in [-0.05, 0) is 57.1 Å². The van der Waals surface area contributed by atoms with Crippen molar-refractivity contribution in [2.75, 3.05) is 5.32 Å². The number of hydrogen-bond donors (Lipinski definition) is 1. The third kappa shape index (κ3) is 2.76. The van der Waals surface area contributed by atoms with Crippen LogP contribution in [0.15, 0.2) is 16.5 Å². The molecule has 25 heavy (non-hydrogen) atoms. The summed E-state index contributed by atoms with van der Waals surface area (Å²) < 4.78 is 5.93. The largest absolute Gasteiger partial charge is 0.450 e. The maximum absolute atomic E-state index is 12.7. The van der Waals surface area contributed by atoms with E-state index in [-0.39, 0.29) is 5.91 Å². The number of furan rings is 1. The van der Waals surface area contributed by atoms with Crippen molar-refractivity contribution in [3.8, 4) is 0 Å². The molecule has 2 aromatic heterocycles. The highest BCUT2D eigenvalue weighted by Gasteiger charge is 2.23. The fraction of sp³-hybridized carbons (Fsp3) is 0.400. The van der Waals surface area contributed by atoms with Crippen molar-refractivity contribution in [2.45, 2.75) is 47.0 Å². The lowest BCUT2D eigenvalue weighted by atomic mass is 9.93. The smallest absolute Gasteiger partial charge is 0.293 e. The van der Waals surface area contributed by atoms with E-state index < -0.39 is 0 Å². The molecule has 1 aliphatic rings. The van der Waals surface area contributed by atoms with Gasteiger partial charge in [-0.1, -0.05) is 19.1 Å². The molecule has 0 spiro atoms. The number of carbonyl (C=O) groups excluding carboxylic acids is 1. The van der Waals surface area contributed by atoms with Crippen molar-refractivity contribution < 1.29 is 9.21 Å². The summed E-state index contributed by atoms with van der Waals surface area (Å²) in [7, 11) is 0. The minimum Gasteiger partial charge on any atom is -0.450 e. The molecule has 1 unspecified atom stereocenters. The highest BCUT2D eigenvalue weighted by molar-refractivity contribution is 7.15. The lowest BCUT2D eigenvalue weighted by Crippen LogP contribution is -2.12. The predicted molar refractivity (Wildman–Crippen MR) is 102 cm³/mol. The molecule has 130 valence electrons. The third-order valence-electron chi connectivity index (χ3n) is 5.24. The van der Waals surface area contributed by atoms with Gasteiger partial charge in [-0.3, -0.25) is 10.1 Å². The second-order valence-electron chi connectivity index (χ2n) is 7.13. The molecule has 1 aliphatic carbocycles. The molecule has 0 bridgehead atoms. The average molecular weight is 354 g/mol. The van der Waals surface area contributed by atoms with Gasteiger partial charge >= 0.3 is 0 Å². The first-order chi connectivity index (χ1) is 11.9. The van der Waals surface area contributed by atoms with Crippen LogP contribution in [0.2, 0.25) is 0 Å². The molecule has 5 heteroatoms. The van der Waals surface area contributed by atoms with Crippen LogP contribution in [-0.4, -0.2) is 10.9 Å². The lowest BCUT2D eigenvalue weighted by Gasteiger charge is -2.15. The Morgan fingerprint density at radius 1 is 1.28 bits per heavy atom. The molecule has 0 aliphatic heterocycles. The van der Waals surface area contributed by atoms with Crippen LogP contribution in [0, 0.1) is 26.7 Å². The van der Waals surface area contributed by atoms with Crippen LogP contribution in [0.1, 0.15) is 51.2 Å². The zero-order valence-corrected chi connectivity index (χ0v) is 15.8. The molecule has 2 heterocycles. The number of nitrogens with one attached hydrogen (secondary N) is 1. The van der Waals surface area contributed by atoms with Gasteiger partial charge in [0.05, 0.1) is 5.69 Å². The van der Waals surface area contributed by atoms with E-state index in [0.29, 0.717) is 16.8 Å². The van der Waals surface area contributed by atoms with Gasteiger partial charge in [0.2, 0.25) is 0 Å². The van der Waals surface area contributed by atoms with Crippen LogP contribution in [0.5, 0.6) is 0 Å². The summed E-state index contributed by atoms with van der Waals surface area (Å²) in [6.07, 6.45) is 3.24. The van der Waals surface area contributed by atoms with Crippen molar-refractivity contribution in [1.82, 2.24) is 4.98 Å². The molecule has 4 nitrogen and oxygen atoms in total. The standard InChI is InChI=1S/C20H22N2O2S/c1-10-5-8-15-16(9-10)25-20(21-15)22-19(23)18-13(4)14-7-6-11(2)12(3)17(14)24-18/h6-7,10H,5,8-9H2,1-4H3,(H,21,22,23). The summed E-state index contributed by atoms with van der Waals surface area (Å²) in [6, 6.07) is 4.09. The number of hydrogen-bond acceptors (Lipinski definition) is 4. The van der Waals surface area contributed by atoms with Crippen LogP contribution < -0.4 is 5.32 Å². The third-order valence-corrected chi connectivity index (χ3v) is 6.27. The summed E-state index contributed by atoms with van der Waals surface area (Å²) >= 11 is 1.60. The topological polar surface area (TPSA) is 55.1 Å². The average Bonchev–Trinajstić information content (AvgIpc) is 3.11. The van der Waals surface area contributed by atoms with Crippen LogP contribution in [0.3, 0.4) is 0 Å². The van der Waals surface area contributed by atoms with Crippen LogP contribution >= 0.6 is 11.3 Å². The molecule has 1 amide bonds. The minimum absolute atomic E-state index is 0.218. The van der Waals surface area contributed by atoms with Gasteiger partial charge in [0, 0.05) is 15.8 Å². The molecule has 0 saturated heterocycles. The quantitative estimate of drug-likeness (QED) is 0.689. The van der Waals surface area contributed by atoms with E-state index >= 15 is 0 Å². The number of aryl methyl sites for hydroxylation is 4. The van der Waals surface area contributed by atoms with E-state index in [9.17, 15) is 4.79 Å². The predicted octanol–water partition coefficient (Wildman–Crippen LogP) is 5.19. The number of thiazole rings is 1. The van der Waals surface area contributed by atoms with Crippen LogP contribution in [-0.2, 0) is 12.8 Å². The molecule has 0 fully saturated rings. The Morgan fingerprint density at radius 2 is 2.08 bits per heavy atom. The monoisotopic (exact) mass is 354 g/mol. The zero-order valence-electron chi connectivity index (χ0n) is 15.0. The summed E-state index contributed by atoms with van der Waals surface area (Å²) in [5.41, 5.74) is 5.07.